The third-order valence-corrected chi connectivity index (χ3v) is 6.38. The third kappa shape index (κ3) is 5.16. The Morgan fingerprint density at radius 3 is 2.15 bits per heavy atom. The Bertz CT molecular complexity index is 656. The Hall–Kier alpha value is -1.70. The van der Waals surface area contributed by atoms with Gasteiger partial charge in [-0.15, -0.1) is 22.7 Å². The molecule has 1 amide bonds. The number of carbonyl (C=O) groups excluding carboxylic acids is 2. The molecule has 1 saturated heterocycles. The van der Waals surface area contributed by atoms with Crippen LogP contribution in [0.1, 0.15) is 22.6 Å². The minimum atomic E-state index is -0.158. The highest BCUT2D eigenvalue weighted by Gasteiger charge is 2.28. The van der Waals surface area contributed by atoms with Gasteiger partial charge in [0.1, 0.15) is 0 Å². The van der Waals surface area contributed by atoms with Crippen molar-refractivity contribution in [2.45, 2.75) is 25.9 Å². The van der Waals surface area contributed by atoms with Crippen LogP contribution in [0.2, 0.25) is 0 Å². The van der Waals surface area contributed by atoms with Crippen LogP contribution < -0.4 is 0 Å². The van der Waals surface area contributed by atoms with Crippen LogP contribution in [-0.2, 0) is 27.4 Å². The lowest BCUT2D eigenvalue weighted by atomic mass is 9.97. The number of likely N-dealkylation sites (tertiary alicyclic amines) is 1. The Morgan fingerprint density at radius 1 is 1.12 bits per heavy atom. The maximum Gasteiger partial charge on any atom is 0.308 e. The smallest absolute Gasteiger partial charge is 0.308 e. The van der Waals surface area contributed by atoms with Gasteiger partial charge < -0.3 is 9.64 Å². The van der Waals surface area contributed by atoms with Gasteiger partial charge in [-0.05, 0) is 35.7 Å². The van der Waals surface area contributed by atoms with E-state index in [0.29, 0.717) is 32.5 Å². The number of hydrogen-bond acceptors (Lipinski definition) is 6. The molecule has 0 unspecified atom stereocenters. The number of ether oxygens (including phenoxy) is 1. The summed E-state index contributed by atoms with van der Waals surface area (Å²) in [5.41, 5.74) is 0. The van der Waals surface area contributed by atoms with Crippen molar-refractivity contribution in [3.63, 3.8) is 0 Å². The van der Waals surface area contributed by atoms with Gasteiger partial charge in [-0.1, -0.05) is 12.1 Å². The van der Waals surface area contributed by atoms with Crippen LogP contribution in [0.3, 0.4) is 0 Å². The number of rotatable bonds is 7. The summed E-state index contributed by atoms with van der Waals surface area (Å²) in [6.07, 6.45) is 1.38. The van der Waals surface area contributed by atoms with E-state index in [-0.39, 0.29) is 17.8 Å². The standard InChI is InChI=1S/C19H24N2O3S2/c1-24-19(23)15-6-8-21(9-7-15)18(22)14-20(12-16-4-2-10-25-16)13-17-5-3-11-26-17/h2-5,10-11,15H,6-9,12-14H2,1H3. The highest BCUT2D eigenvalue weighted by atomic mass is 32.1. The van der Waals surface area contributed by atoms with E-state index in [4.69, 9.17) is 4.74 Å². The SMILES string of the molecule is COC(=O)C1CCN(C(=O)CN(Cc2cccs2)Cc2cccs2)CC1. The van der Waals surface area contributed by atoms with Crippen molar-refractivity contribution < 1.29 is 14.3 Å². The van der Waals surface area contributed by atoms with Gasteiger partial charge in [-0.2, -0.15) is 0 Å². The topological polar surface area (TPSA) is 49.9 Å². The first-order chi connectivity index (χ1) is 12.7. The molecule has 1 fully saturated rings. The molecule has 3 heterocycles. The number of hydrogen-bond donors (Lipinski definition) is 0. The van der Waals surface area contributed by atoms with Crippen molar-refractivity contribution in [1.82, 2.24) is 9.80 Å². The van der Waals surface area contributed by atoms with Gasteiger partial charge in [0.05, 0.1) is 19.6 Å². The zero-order valence-corrected chi connectivity index (χ0v) is 16.6. The maximum absolute atomic E-state index is 12.8. The van der Waals surface area contributed by atoms with Gasteiger partial charge in [0.25, 0.3) is 0 Å². The summed E-state index contributed by atoms with van der Waals surface area (Å²) in [5, 5.41) is 4.14. The Labute approximate surface area is 162 Å². The normalized spacial score (nSPS) is 15.4. The molecule has 1 aliphatic heterocycles. The second-order valence-electron chi connectivity index (χ2n) is 6.48. The summed E-state index contributed by atoms with van der Waals surface area (Å²) in [4.78, 5) is 31.0. The summed E-state index contributed by atoms with van der Waals surface area (Å²) in [5.74, 6) is -0.0899. The molecule has 1 aliphatic rings. The minimum absolute atomic E-state index is 0.0719. The first-order valence-corrected chi connectivity index (χ1v) is 10.5. The highest BCUT2D eigenvalue weighted by Crippen LogP contribution is 2.20. The second-order valence-corrected chi connectivity index (χ2v) is 8.55. The van der Waals surface area contributed by atoms with E-state index < -0.39 is 0 Å². The molecule has 0 aliphatic carbocycles. The van der Waals surface area contributed by atoms with Crippen LogP contribution in [0, 0.1) is 5.92 Å². The van der Waals surface area contributed by atoms with Gasteiger partial charge in [-0.3, -0.25) is 14.5 Å². The predicted octanol–water partition coefficient (Wildman–Crippen LogP) is 3.22. The molecular formula is C19H24N2O3S2. The number of methoxy groups -OCH3 is 1. The third-order valence-electron chi connectivity index (χ3n) is 4.66. The molecule has 0 bridgehead atoms. The molecule has 0 radical (unpaired) electrons. The quantitative estimate of drug-likeness (QED) is 0.679. The fraction of sp³-hybridized carbons (Fsp3) is 0.474. The molecule has 0 saturated carbocycles. The Kier molecular flexibility index (Phi) is 6.82. The molecule has 0 atom stereocenters. The van der Waals surface area contributed by atoms with E-state index in [9.17, 15) is 9.59 Å². The highest BCUT2D eigenvalue weighted by molar-refractivity contribution is 7.10. The first-order valence-electron chi connectivity index (χ1n) is 8.78. The van der Waals surface area contributed by atoms with Crippen LogP contribution >= 0.6 is 22.7 Å². The van der Waals surface area contributed by atoms with E-state index >= 15 is 0 Å². The van der Waals surface area contributed by atoms with Crippen LogP contribution in [0.15, 0.2) is 35.0 Å². The molecule has 7 heteroatoms. The van der Waals surface area contributed by atoms with Crippen molar-refractivity contribution in [3.05, 3.63) is 44.8 Å². The van der Waals surface area contributed by atoms with Crippen LogP contribution in [0.25, 0.3) is 0 Å². The van der Waals surface area contributed by atoms with Crippen LogP contribution in [0.4, 0.5) is 0 Å². The minimum Gasteiger partial charge on any atom is -0.469 e. The number of esters is 1. The van der Waals surface area contributed by atoms with Gasteiger partial charge in [0, 0.05) is 35.9 Å². The predicted molar refractivity (Wildman–Crippen MR) is 104 cm³/mol. The number of amides is 1. The van der Waals surface area contributed by atoms with Crippen molar-refractivity contribution in [1.29, 1.82) is 0 Å². The monoisotopic (exact) mass is 392 g/mol. The average Bonchev–Trinajstić information content (AvgIpc) is 3.35. The first kappa shape index (κ1) is 19.1. The zero-order chi connectivity index (χ0) is 18.4. The molecule has 0 N–H and O–H groups in total. The Balaban J connectivity index is 1.57. The summed E-state index contributed by atoms with van der Waals surface area (Å²) in [6.45, 7) is 3.22. The van der Waals surface area contributed by atoms with Crippen molar-refractivity contribution in [2.75, 3.05) is 26.7 Å². The molecule has 3 rings (SSSR count). The van der Waals surface area contributed by atoms with E-state index in [2.05, 4.69) is 27.8 Å². The van der Waals surface area contributed by atoms with E-state index in [0.717, 1.165) is 13.1 Å². The lowest BCUT2D eigenvalue weighted by Gasteiger charge is -2.32. The lowest BCUT2D eigenvalue weighted by Crippen LogP contribution is -2.45. The number of thiophene rings is 2. The number of piperidine rings is 1. The fourth-order valence-corrected chi connectivity index (χ4v) is 4.73. The van der Waals surface area contributed by atoms with Gasteiger partial charge in [0.2, 0.25) is 5.91 Å². The molecule has 0 spiro atoms. The van der Waals surface area contributed by atoms with Crippen molar-refractivity contribution in [3.8, 4) is 0 Å². The van der Waals surface area contributed by atoms with Gasteiger partial charge >= 0.3 is 5.97 Å². The van der Waals surface area contributed by atoms with E-state index in [1.807, 2.05) is 17.0 Å². The summed E-state index contributed by atoms with van der Waals surface area (Å²) >= 11 is 3.44. The average molecular weight is 393 g/mol. The molecule has 2 aromatic rings. The molecule has 26 heavy (non-hydrogen) atoms. The molecule has 2 aromatic heterocycles. The molecule has 0 aromatic carbocycles. The fourth-order valence-electron chi connectivity index (χ4n) is 3.24. The molecule has 140 valence electrons. The van der Waals surface area contributed by atoms with Crippen molar-refractivity contribution >= 4 is 34.6 Å². The Morgan fingerprint density at radius 2 is 1.69 bits per heavy atom. The van der Waals surface area contributed by atoms with Crippen LogP contribution in [-0.4, -0.2) is 48.4 Å². The summed E-state index contributed by atoms with van der Waals surface area (Å²) in [7, 11) is 1.42. The van der Waals surface area contributed by atoms with Crippen molar-refractivity contribution in [2.24, 2.45) is 5.92 Å². The molecule has 5 nitrogen and oxygen atoms in total. The lowest BCUT2D eigenvalue weighted by molar-refractivity contribution is -0.149. The largest absolute Gasteiger partial charge is 0.469 e. The summed E-state index contributed by atoms with van der Waals surface area (Å²) in [6, 6.07) is 8.31. The zero-order valence-electron chi connectivity index (χ0n) is 14.9. The van der Waals surface area contributed by atoms with Crippen LogP contribution in [0.5, 0.6) is 0 Å². The van der Waals surface area contributed by atoms with Gasteiger partial charge in [0.15, 0.2) is 0 Å². The maximum atomic E-state index is 12.8. The van der Waals surface area contributed by atoms with E-state index in [1.165, 1.54) is 16.9 Å². The summed E-state index contributed by atoms with van der Waals surface area (Å²) < 4.78 is 4.82. The molecular weight excluding hydrogens is 368 g/mol. The number of carbonyl (C=O) groups is 2. The van der Waals surface area contributed by atoms with Gasteiger partial charge in [-0.25, -0.2) is 0 Å². The van der Waals surface area contributed by atoms with E-state index in [1.54, 1.807) is 22.7 Å². The number of nitrogens with zero attached hydrogens (tertiary/aromatic N) is 2. The second kappa shape index (κ2) is 9.30.